The van der Waals surface area contributed by atoms with Crippen LogP contribution in [0.25, 0.3) is 5.32 Å². The molecule has 0 unspecified atom stereocenters. The van der Waals surface area contributed by atoms with E-state index in [2.05, 4.69) is 16.2 Å². The van der Waals surface area contributed by atoms with Gasteiger partial charge in [0.1, 0.15) is 0 Å². The van der Waals surface area contributed by atoms with E-state index >= 15 is 0 Å². The molecule has 0 bridgehead atoms. The molecule has 0 aliphatic carbocycles. The second kappa shape index (κ2) is 4.79. The molecule has 0 aromatic rings. The molecule has 0 aromatic carbocycles. The summed E-state index contributed by atoms with van der Waals surface area (Å²) in [6, 6.07) is 0.451. The average molecular weight is 151 g/mol. The highest BCUT2D eigenvalue weighted by Crippen LogP contribution is 2.01. The quantitative estimate of drug-likeness (QED) is 0.328. The molecule has 0 saturated carbocycles. The highest BCUT2D eigenvalue weighted by atomic mass is 15.0. The molecule has 11 heavy (non-hydrogen) atoms. The van der Waals surface area contributed by atoms with Gasteiger partial charge in [-0.05, 0) is 17.9 Å². The molecule has 62 valence electrons. The highest BCUT2D eigenvalue weighted by Gasteiger charge is 1.86. The van der Waals surface area contributed by atoms with Crippen molar-refractivity contribution in [3.8, 4) is 12.3 Å². The molecule has 0 atom stereocenters. The van der Waals surface area contributed by atoms with Crippen LogP contribution >= 0.6 is 0 Å². The first-order valence-electron chi connectivity index (χ1n) is 3.81. The first kappa shape index (κ1) is 10.0. The minimum atomic E-state index is 0.226. The minimum Gasteiger partial charge on any atom is -0.456 e. The number of hydrogen-bond acceptors (Lipinski definition) is 1. The van der Waals surface area contributed by atoms with Crippen molar-refractivity contribution >= 4 is 5.84 Å². The van der Waals surface area contributed by atoms with Gasteiger partial charge in [0, 0.05) is 0 Å². The fourth-order valence-corrected chi connectivity index (χ4v) is 0.597. The Bertz CT molecular complexity index is 172. The molecule has 0 aliphatic rings. The maximum Gasteiger partial charge on any atom is -0.0119 e. The van der Waals surface area contributed by atoms with Crippen LogP contribution in [-0.4, -0.2) is 17.9 Å². The number of amidine groups is 1. The summed E-state index contributed by atoms with van der Waals surface area (Å²) in [6.07, 6.45) is 5.19. The van der Waals surface area contributed by atoms with Crippen molar-refractivity contribution in [1.29, 1.82) is 0 Å². The lowest BCUT2D eigenvalue weighted by Gasteiger charge is -2.19. The van der Waals surface area contributed by atoms with Crippen molar-refractivity contribution in [2.24, 2.45) is 4.99 Å². The Labute approximate surface area is 69.1 Å². The largest absolute Gasteiger partial charge is 0.456 e. The predicted octanol–water partition coefficient (Wildman–Crippen LogP) is 2.21. The first-order chi connectivity index (χ1) is 5.06. The maximum absolute atomic E-state index is 5.19. The van der Waals surface area contributed by atoms with Gasteiger partial charge >= 0.3 is 0 Å². The van der Waals surface area contributed by atoms with Gasteiger partial charge in [-0.15, -0.1) is 6.42 Å². The summed E-state index contributed by atoms with van der Waals surface area (Å²) < 4.78 is 0. The van der Waals surface area contributed by atoms with Crippen LogP contribution < -0.4 is 0 Å². The first-order valence-corrected chi connectivity index (χ1v) is 3.81. The van der Waals surface area contributed by atoms with E-state index in [0.717, 1.165) is 0 Å². The standard InChI is InChI=1S/C9H15N2/c1-6-9(10-7(2)3)11-8(4)5/h1,7-8H,2-5H3/q-1. The molecule has 0 heterocycles. The summed E-state index contributed by atoms with van der Waals surface area (Å²) in [5, 5.41) is 4.15. The van der Waals surface area contributed by atoms with Crippen molar-refractivity contribution in [2.45, 2.75) is 39.8 Å². The fourth-order valence-electron chi connectivity index (χ4n) is 0.597. The third-order valence-electron chi connectivity index (χ3n) is 0.890. The van der Waals surface area contributed by atoms with E-state index in [0.29, 0.717) is 5.84 Å². The lowest BCUT2D eigenvalue weighted by Crippen LogP contribution is -2.04. The second-order valence-electron chi connectivity index (χ2n) is 2.91. The second-order valence-corrected chi connectivity index (χ2v) is 2.91. The third kappa shape index (κ3) is 5.47. The Morgan fingerprint density at radius 3 is 2.18 bits per heavy atom. The van der Waals surface area contributed by atoms with Crippen molar-refractivity contribution < 1.29 is 0 Å². The molecule has 0 radical (unpaired) electrons. The smallest absolute Gasteiger partial charge is 0.0119 e. The molecule has 0 N–H and O–H groups in total. The van der Waals surface area contributed by atoms with Crippen molar-refractivity contribution in [2.75, 3.05) is 0 Å². The molecule has 2 heteroatoms. The van der Waals surface area contributed by atoms with Gasteiger partial charge in [0.15, 0.2) is 0 Å². The number of hydrogen-bond donors (Lipinski definition) is 0. The molecule has 0 saturated heterocycles. The molecule has 0 spiro atoms. The molecule has 2 nitrogen and oxygen atoms in total. The number of nitrogens with zero attached hydrogens (tertiary/aromatic N) is 2. The number of aliphatic imine (C=N–C) groups is 1. The summed E-state index contributed by atoms with van der Waals surface area (Å²) in [5.74, 6) is 2.97. The van der Waals surface area contributed by atoms with Crippen LogP contribution in [-0.2, 0) is 0 Å². The summed E-state index contributed by atoms with van der Waals surface area (Å²) >= 11 is 0. The van der Waals surface area contributed by atoms with Crippen LogP contribution in [0.2, 0.25) is 0 Å². The van der Waals surface area contributed by atoms with Gasteiger partial charge in [-0.25, -0.2) is 0 Å². The van der Waals surface area contributed by atoms with E-state index in [1.807, 2.05) is 27.7 Å². The normalized spacial score (nSPS) is 11.9. The molecule has 0 aliphatic heterocycles. The van der Waals surface area contributed by atoms with Crippen molar-refractivity contribution in [3.05, 3.63) is 5.32 Å². The van der Waals surface area contributed by atoms with Crippen molar-refractivity contribution in [3.63, 3.8) is 0 Å². The zero-order chi connectivity index (χ0) is 8.85. The van der Waals surface area contributed by atoms with E-state index in [-0.39, 0.29) is 12.1 Å². The number of terminal acetylenes is 1. The maximum atomic E-state index is 5.19. The van der Waals surface area contributed by atoms with Gasteiger partial charge in [0.25, 0.3) is 0 Å². The Balaban J connectivity index is 4.09. The van der Waals surface area contributed by atoms with Gasteiger partial charge in [-0.1, -0.05) is 33.6 Å². The molecule has 0 amide bonds. The molecular weight excluding hydrogens is 136 g/mol. The molecule has 0 fully saturated rings. The van der Waals surface area contributed by atoms with Gasteiger partial charge in [-0.3, -0.25) is 0 Å². The molecular formula is C9H15N2-. The van der Waals surface area contributed by atoms with Crippen molar-refractivity contribution in [1.82, 2.24) is 0 Å². The van der Waals surface area contributed by atoms with Gasteiger partial charge in [-0.2, -0.15) is 0 Å². The van der Waals surface area contributed by atoms with Gasteiger partial charge in [0.05, 0.1) is 0 Å². The van der Waals surface area contributed by atoms with E-state index < -0.39 is 0 Å². The average Bonchev–Trinajstić information content (AvgIpc) is 1.84. The van der Waals surface area contributed by atoms with Crippen LogP contribution in [0, 0.1) is 12.3 Å². The Morgan fingerprint density at radius 1 is 1.36 bits per heavy atom. The van der Waals surface area contributed by atoms with Crippen LogP contribution in [0.1, 0.15) is 27.7 Å². The Morgan fingerprint density at radius 2 is 1.91 bits per heavy atom. The summed E-state index contributed by atoms with van der Waals surface area (Å²) in [7, 11) is 0. The Kier molecular flexibility index (Phi) is 4.36. The van der Waals surface area contributed by atoms with E-state index in [4.69, 9.17) is 6.42 Å². The molecule has 0 rings (SSSR count). The van der Waals surface area contributed by atoms with E-state index in [9.17, 15) is 0 Å². The summed E-state index contributed by atoms with van der Waals surface area (Å²) in [6.45, 7) is 7.92. The fraction of sp³-hybridized carbons (Fsp3) is 0.667. The third-order valence-corrected chi connectivity index (χ3v) is 0.890. The zero-order valence-electron chi connectivity index (χ0n) is 7.63. The topological polar surface area (TPSA) is 26.5 Å². The summed E-state index contributed by atoms with van der Waals surface area (Å²) in [5.41, 5.74) is 0. The lowest BCUT2D eigenvalue weighted by molar-refractivity contribution is 0.833. The van der Waals surface area contributed by atoms with Gasteiger partial charge in [0.2, 0.25) is 0 Å². The SMILES string of the molecule is C#CC(=NC(C)C)[N-]C(C)C. The minimum absolute atomic E-state index is 0.226. The molecule has 0 aromatic heterocycles. The van der Waals surface area contributed by atoms with Crippen LogP contribution in [0.15, 0.2) is 4.99 Å². The monoisotopic (exact) mass is 151 g/mol. The van der Waals surface area contributed by atoms with E-state index in [1.165, 1.54) is 0 Å². The van der Waals surface area contributed by atoms with Crippen LogP contribution in [0.5, 0.6) is 0 Å². The highest BCUT2D eigenvalue weighted by molar-refractivity contribution is 6.08. The zero-order valence-corrected chi connectivity index (χ0v) is 7.63. The van der Waals surface area contributed by atoms with E-state index in [1.54, 1.807) is 0 Å². The Hall–Kier alpha value is -0.970. The predicted molar refractivity (Wildman–Crippen MR) is 49.9 cm³/mol. The summed E-state index contributed by atoms with van der Waals surface area (Å²) in [4.78, 5) is 4.15. The lowest BCUT2D eigenvalue weighted by atomic mass is 10.3. The van der Waals surface area contributed by atoms with Crippen LogP contribution in [0.4, 0.5) is 0 Å². The van der Waals surface area contributed by atoms with Crippen LogP contribution in [0.3, 0.4) is 0 Å². The van der Waals surface area contributed by atoms with Gasteiger partial charge < -0.3 is 10.3 Å². The number of rotatable bonds is 2.